The number of aliphatic hydroxyl groups excluding tert-OH is 1. The topological polar surface area (TPSA) is 76.1 Å². The standard InChI is InChI=1S/C21H23NO5S/c1-3-27-15-9-7-14(8-10-15)19(23)17-18(16-6-4-13-28-16)22(11-5-12-26-2)21(25)20(17)24/h4,6-10,13,18,23H,3,5,11-12H2,1-2H3/b19-17-. The first-order valence-corrected chi connectivity index (χ1v) is 10.0. The van der Waals surface area contributed by atoms with Crippen molar-refractivity contribution in [1.29, 1.82) is 0 Å². The molecular weight excluding hydrogens is 378 g/mol. The number of likely N-dealkylation sites (tertiary alicyclic amines) is 1. The minimum absolute atomic E-state index is 0.119. The van der Waals surface area contributed by atoms with Gasteiger partial charge in [-0.15, -0.1) is 11.3 Å². The van der Waals surface area contributed by atoms with E-state index < -0.39 is 17.7 Å². The van der Waals surface area contributed by atoms with Gasteiger partial charge in [-0.05, 0) is 49.1 Å². The lowest BCUT2D eigenvalue weighted by Crippen LogP contribution is -2.31. The van der Waals surface area contributed by atoms with Crippen molar-refractivity contribution in [3.63, 3.8) is 0 Å². The highest BCUT2D eigenvalue weighted by Gasteiger charge is 2.46. The van der Waals surface area contributed by atoms with Crippen molar-refractivity contribution >= 4 is 28.8 Å². The second kappa shape index (κ2) is 9.03. The van der Waals surface area contributed by atoms with Crippen molar-refractivity contribution in [1.82, 2.24) is 4.90 Å². The molecule has 1 N–H and O–H groups in total. The highest BCUT2D eigenvalue weighted by atomic mass is 32.1. The zero-order valence-corrected chi connectivity index (χ0v) is 16.7. The van der Waals surface area contributed by atoms with E-state index in [9.17, 15) is 14.7 Å². The summed E-state index contributed by atoms with van der Waals surface area (Å²) in [6.07, 6.45) is 0.606. The van der Waals surface area contributed by atoms with E-state index >= 15 is 0 Å². The molecule has 0 aliphatic carbocycles. The number of nitrogens with zero attached hydrogens (tertiary/aromatic N) is 1. The zero-order chi connectivity index (χ0) is 20.1. The van der Waals surface area contributed by atoms with E-state index in [0.29, 0.717) is 37.5 Å². The normalized spacial score (nSPS) is 18.6. The maximum atomic E-state index is 12.8. The lowest BCUT2D eigenvalue weighted by atomic mass is 10.00. The Labute approximate surface area is 168 Å². The number of carbonyl (C=O) groups excluding carboxylic acids is 2. The molecule has 148 valence electrons. The lowest BCUT2D eigenvalue weighted by Gasteiger charge is -2.23. The molecular formula is C21H23NO5S. The molecule has 1 aliphatic heterocycles. The van der Waals surface area contributed by atoms with Gasteiger partial charge < -0.3 is 19.5 Å². The van der Waals surface area contributed by atoms with Crippen LogP contribution < -0.4 is 4.74 Å². The Balaban J connectivity index is 2.01. The van der Waals surface area contributed by atoms with Crippen LogP contribution in [-0.2, 0) is 14.3 Å². The molecule has 1 unspecified atom stereocenters. The van der Waals surface area contributed by atoms with Gasteiger partial charge in [0.1, 0.15) is 11.5 Å². The van der Waals surface area contributed by atoms with Gasteiger partial charge in [-0.3, -0.25) is 9.59 Å². The summed E-state index contributed by atoms with van der Waals surface area (Å²) in [5.41, 5.74) is 0.592. The molecule has 2 aromatic rings. The Morgan fingerprint density at radius 3 is 2.57 bits per heavy atom. The van der Waals surface area contributed by atoms with Crippen molar-refractivity contribution in [2.45, 2.75) is 19.4 Å². The van der Waals surface area contributed by atoms with Crippen molar-refractivity contribution in [2.24, 2.45) is 0 Å². The van der Waals surface area contributed by atoms with Gasteiger partial charge in [-0.2, -0.15) is 0 Å². The first-order valence-electron chi connectivity index (χ1n) is 9.12. The second-order valence-corrected chi connectivity index (χ2v) is 7.29. The first kappa shape index (κ1) is 20.1. The smallest absolute Gasteiger partial charge is 0.295 e. The minimum atomic E-state index is -0.665. The number of carbonyl (C=O) groups is 2. The van der Waals surface area contributed by atoms with Gasteiger partial charge in [0.05, 0.1) is 18.2 Å². The summed E-state index contributed by atoms with van der Waals surface area (Å²) in [4.78, 5) is 27.8. The summed E-state index contributed by atoms with van der Waals surface area (Å²) in [6.45, 7) is 3.29. The molecule has 28 heavy (non-hydrogen) atoms. The summed E-state index contributed by atoms with van der Waals surface area (Å²) >= 11 is 1.45. The molecule has 1 fully saturated rings. The van der Waals surface area contributed by atoms with E-state index in [1.807, 2.05) is 24.4 Å². The molecule has 1 amide bonds. The van der Waals surface area contributed by atoms with Gasteiger partial charge in [0.15, 0.2) is 0 Å². The van der Waals surface area contributed by atoms with E-state index in [1.54, 1.807) is 31.4 Å². The zero-order valence-electron chi connectivity index (χ0n) is 15.9. The number of amides is 1. The summed E-state index contributed by atoms with van der Waals surface area (Å²) < 4.78 is 10.5. The molecule has 7 heteroatoms. The van der Waals surface area contributed by atoms with Crippen LogP contribution in [0.5, 0.6) is 5.75 Å². The average Bonchev–Trinajstić information content (AvgIpc) is 3.31. The van der Waals surface area contributed by atoms with Gasteiger partial charge in [-0.25, -0.2) is 0 Å². The molecule has 0 saturated carbocycles. The highest BCUT2D eigenvalue weighted by Crippen LogP contribution is 2.41. The third-order valence-electron chi connectivity index (χ3n) is 4.54. The van der Waals surface area contributed by atoms with Crippen LogP contribution in [0.3, 0.4) is 0 Å². The minimum Gasteiger partial charge on any atom is -0.507 e. The number of Topliss-reactive ketones (excluding diaryl/α,β-unsaturated/α-hetero) is 1. The fourth-order valence-corrected chi connectivity index (χ4v) is 4.11. The van der Waals surface area contributed by atoms with Crippen LogP contribution in [0.4, 0.5) is 0 Å². The van der Waals surface area contributed by atoms with Crippen LogP contribution in [0, 0.1) is 0 Å². The summed E-state index contributed by atoms with van der Waals surface area (Å²) in [5.74, 6) is -0.757. The quantitative estimate of drug-likeness (QED) is 0.317. The highest BCUT2D eigenvalue weighted by molar-refractivity contribution is 7.10. The summed E-state index contributed by atoms with van der Waals surface area (Å²) in [5, 5.41) is 12.8. The van der Waals surface area contributed by atoms with Gasteiger partial charge >= 0.3 is 0 Å². The molecule has 1 aromatic carbocycles. The Bertz CT molecular complexity index is 857. The molecule has 1 aromatic heterocycles. The second-order valence-electron chi connectivity index (χ2n) is 6.31. The van der Waals surface area contributed by atoms with Crippen molar-refractivity contribution in [3.05, 3.63) is 57.8 Å². The number of hydrogen-bond acceptors (Lipinski definition) is 6. The van der Waals surface area contributed by atoms with Crippen LogP contribution in [0.15, 0.2) is 47.4 Å². The average molecular weight is 401 g/mol. The maximum Gasteiger partial charge on any atom is 0.295 e. The van der Waals surface area contributed by atoms with Gasteiger partial charge in [0.25, 0.3) is 11.7 Å². The Morgan fingerprint density at radius 2 is 1.96 bits per heavy atom. The fourth-order valence-electron chi connectivity index (χ4n) is 3.26. The third-order valence-corrected chi connectivity index (χ3v) is 5.46. The van der Waals surface area contributed by atoms with Crippen LogP contribution >= 0.6 is 11.3 Å². The SMILES string of the molecule is CCOc1ccc(/C(O)=C2/C(=O)C(=O)N(CCCOC)C2c2cccs2)cc1. The number of aliphatic hydroxyl groups is 1. The van der Waals surface area contributed by atoms with E-state index in [1.165, 1.54) is 16.2 Å². The van der Waals surface area contributed by atoms with Crippen LogP contribution in [0.25, 0.3) is 5.76 Å². The molecule has 3 rings (SSSR count). The van der Waals surface area contributed by atoms with Gasteiger partial charge in [0, 0.05) is 30.7 Å². The number of benzene rings is 1. The summed E-state index contributed by atoms with van der Waals surface area (Å²) in [6, 6.07) is 9.97. The molecule has 1 atom stereocenters. The Hall–Kier alpha value is -2.64. The monoisotopic (exact) mass is 401 g/mol. The van der Waals surface area contributed by atoms with E-state index in [0.717, 1.165) is 4.88 Å². The number of rotatable bonds is 8. The molecule has 0 radical (unpaired) electrons. The number of hydrogen-bond donors (Lipinski definition) is 1. The molecule has 6 nitrogen and oxygen atoms in total. The Kier molecular flexibility index (Phi) is 6.49. The number of ketones is 1. The van der Waals surface area contributed by atoms with E-state index in [-0.39, 0.29) is 11.3 Å². The molecule has 0 spiro atoms. The van der Waals surface area contributed by atoms with Crippen molar-refractivity contribution in [2.75, 3.05) is 26.9 Å². The number of ether oxygens (including phenoxy) is 2. The predicted octanol–water partition coefficient (Wildman–Crippen LogP) is 3.61. The molecule has 1 aliphatic rings. The molecule has 0 bridgehead atoms. The number of thiophene rings is 1. The van der Waals surface area contributed by atoms with Crippen LogP contribution in [0.1, 0.15) is 29.8 Å². The number of methoxy groups -OCH3 is 1. The van der Waals surface area contributed by atoms with Gasteiger partial charge in [-0.1, -0.05) is 6.07 Å². The van der Waals surface area contributed by atoms with Crippen LogP contribution in [0.2, 0.25) is 0 Å². The first-order chi connectivity index (χ1) is 13.6. The molecule has 1 saturated heterocycles. The Morgan fingerprint density at radius 1 is 1.21 bits per heavy atom. The maximum absolute atomic E-state index is 12.8. The third kappa shape index (κ3) is 3.95. The van der Waals surface area contributed by atoms with E-state index in [4.69, 9.17) is 9.47 Å². The fraction of sp³-hybridized carbons (Fsp3) is 0.333. The van der Waals surface area contributed by atoms with Crippen molar-refractivity contribution < 1.29 is 24.2 Å². The summed E-state index contributed by atoms with van der Waals surface area (Å²) in [7, 11) is 1.59. The van der Waals surface area contributed by atoms with Gasteiger partial charge in [0.2, 0.25) is 0 Å². The largest absolute Gasteiger partial charge is 0.507 e. The van der Waals surface area contributed by atoms with Crippen molar-refractivity contribution in [3.8, 4) is 5.75 Å². The van der Waals surface area contributed by atoms with Crippen LogP contribution in [-0.4, -0.2) is 48.6 Å². The van der Waals surface area contributed by atoms with E-state index in [2.05, 4.69) is 0 Å². The predicted molar refractivity (Wildman–Crippen MR) is 107 cm³/mol. The lowest BCUT2D eigenvalue weighted by molar-refractivity contribution is -0.140. The molecule has 2 heterocycles.